The maximum absolute atomic E-state index is 13.8. The van der Waals surface area contributed by atoms with Crippen LogP contribution in [-0.2, 0) is 31.3 Å². The number of nitrogens with zero attached hydrogens (tertiary/aromatic N) is 1. The molecule has 0 aromatic heterocycles. The van der Waals surface area contributed by atoms with Crippen molar-refractivity contribution in [3.05, 3.63) is 52.5 Å². The molecule has 0 saturated carbocycles. The molecule has 2 saturated heterocycles. The molecule has 0 unspecified atom stereocenters. The Hall–Kier alpha value is -3.63. The van der Waals surface area contributed by atoms with E-state index in [9.17, 15) is 19.2 Å². The van der Waals surface area contributed by atoms with Crippen LogP contribution in [-0.4, -0.2) is 41.4 Å². The predicted octanol–water partition coefficient (Wildman–Crippen LogP) is 1.25. The number of rotatable bonds is 5. The molecule has 1 spiro atoms. The van der Waals surface area contributed by atoms with Crippen molar-refractivity contribution in [2.75, 3.05) is 12.1 Å². The van der Waals surface area contributed by atoms with Crippen molar-refractivity contribution in [3.8, 4) is 11.5 Å². The second-order valence-electron chi connectivity index (χ2n) is 9.13. The Labute approximate surface area is 204 Å². The van der Waals surface area contributed by atoms with Gasteiger partial charge in [0, 0.05) is 18.0 Å². The van der Waals surface area contributed by atoms with E-state index >= 15 is 0 Å². The summed E-state index contributed by atoms with van der Waals surface area (Å²) in [5, 5.41) is 6.37. The molecule has 4 aliphatic rings. The smallest absolute Gasteiger partial charge is 0.250 e. The van der Waals surface area contributed by atoms with E-state index in [-0.39, 0.29) is 26.2 Å². The minimum atomic E-state index is -1.48. The molecular formula is C24H21ClN4O6. The third-order valence-electron chi connectivity index (χ3n) is 7.27. The van der Waals surface area contributed by atoms with Gasteiger partial charge >= 0.3 is 0 Å². The summed E-state index contributed by atoms with van der Waals surface area (Å²) in [4.78, 5) is 53.6. The highest BCUT2D eigenvalue weighted by molar-refractivity contribution is 6.35. The number of likely N-dealkylation sites (tertiary alicyclic amines) is 1. The van der Waals surface area contributed by atoms with E-state index in [4.69, 9.17) is 26.8 Å². The summed E-state index contributed by atoms with van der Waals surface area (Å²) in [5.74, 6) is -2.56. The molecule has 2 fully saturated rings. The summed E-state index contributed by atoms with van der Waals surface area (Å²) < 4.78 is 10.7. The van der Waals surface area contributed by atoms with Crippen molar-refractivity contribution in [2.24, 2.45) is 17.6 Å². The zero-order valence-electron chi connectivity index (χ0n) is 18.4. The molecule has 0 bridgehead atoms. The first-order valence-corrected chi connectivity index (χ1v) is 11.6. The van der Waals surface area contributed by atoms with Gasteiger partial charge in [0.05, 0.1) is 29.1 Å². The Bertz CT molecular complexity index is 1310. The lowest BCUT2D eigenvalue weighted by Gasteiger charge is -2.29. The lowest BCUT2D eigenvalue weighted by molar-refractivity contribution is -0.143. The average Bonchev–Trinajstić information content (AvgIpc) is 3.55. The Morgan fingerprint density at radius 3 is 2.74 bits per heavy atom. The van der Waals surface area contributed by atoms with E-state index in [1.807, 2.05) is 0 Å². The maximum Gasteiger partial charge on any atom is 0.250 e. The highest BCUT2D eigenvalue weighted by Gasteiger charge is 2.70. The van der Waals surface area contributed by atoms with E-state index in [1.54, 1.807) is 36.4 Å². The van der Waals surface area contributed by atoms with E-state index in [0.29, 0.717) is 33.3 Å². The third kappa shape index (κ3) is 3.06. The van der Waals surface area contributed by atoms with Crippen LogP contribution in [0.25, 0.3) is 0 Å². The normalized spacial score (nSPS) is 28.0. The van der Waals surface area contributed by atoms with E-state index < -0.39 is 47.0 Å². The molecule has 4 atom stereocenters. The number of nitrogens with one attached hydrogen (secondary N) is 2. The molecule has 0 aliphatic carbocycles. The Morgan fingerprint density at radius 1 is 1.14 bits per heavy atom. The van der Waals surface area contributed by atoms with Crippen molar-refractivity contribution in [2.45, 2.75) is 31.0 Å². The van der Waals surface area contributed by atoms with Gasteiger partial charge in [-0.1, -0.05) is 29.8 Å². The largest absolute Gasteiger partial charge is 0.454 e. The van der Waals surface area contributed by atoms with Crippen LogP contribution in [0.4, 0.5) is 5.69 Å². The fraction of sp³-hybridized carbons (Fsp3) is 0.333. The number of ether oxygens (including phenoxy) is 2. The summed E-state index contributed by atoms with van der Waals surface area (Å²) in [6.45, 7) is 0.126. The number of fused-ring (bicyclic) bond motifs is 5. The Kier molecular flexibility index (Phi) is 4.81. The topological polar surface area (TPSA) is 140 Å². The van der Waals surface area contributed by atoms with Gasteiger partial charge in [0.15, 0.2) is 11.5 Å². The molecule has 11 heteroatoms. The monoisotopic (exact) mass is 496 g/mol. The van der Waals surface area contributed by atoms with E-state index in [1.165, 1.54) is 4.90 Å². The summed E-state index contributed by atoms with van der Waals surface area (Å²) in [7, 11) is 0. The quantitative estimate of drug-likeness (QED) is 0.529. The molecule has 4 amide bonds. The number of nitrogens with two attached hydrogens (primary N) is 1. The summed E-state index contributed by atoms with van der Waals surface area (Å²) in [6, 6.07) is 9.67. The number of hydrogen-bond donors (Lipinski definition) is 3. The number of para-hydroxylation sites is 1. The summed E-state index contributed by atoms with van der Waals surface area (Å²) in [5.41, 5.74) is 5.49. The SMILES string of the molecule is NC(=O)CC[C@@H]1N[C@@]2(C(=O)Nc3c(Cl)cccc32)[C@@H]2C(=O)N(Cc3ccc4c(c3)OCO4)C(=O)[C@H]12. The van der Waals surface area contributed by atoms with Crippen molar-refractivity contribution < 1.29 is 28.7 Å². The number of imide groups is 1. The van der Waals surface area contributed by atoms with Gasteiger partial charge in [-0.3, -0.25) is 29.4 Å². The van der Waals surface area contributed by atoms with Crippen LogP contribution < -0.4 is 25.8 Å². The number of carbonyl (C=O) groups excluding carboxylic acids is 4. The van der Waals surface area contributed by atoms with Crippen molar-refractivity contribution in [3.63, 3.8) is 0 Å². The molecule has 35 heavy (non-hydrogen) atoms. The van der Waals surface area contributed by atoms with Crippen molar-refractivity contribution >= 4 is 40.9 Å². The molecule has 6 rings (SSSR count). The third-order valence-corrected chi connectivity index (χ3v) is 7.58. The van der Waals surface area contributed by atoms with Crippen LogP contribution in [0, 0.1) is 11.8 Å². The lowest BCUT2D eigenvalue weighted by Crippen LogP contribution is -2.53. The van der Waals surface area contributed by atoms with Crippen LogP contribution in [0.1, 0.15) is 24.0 Å². The van der Waals surface area contributed by atoms with Crippen LogP contribution in [0.3, 0.4) is 0 Å². The summed E-state index contributed by atoms with van der Waals surface area (Å²) in [6.07, 6.45) is 0.211. The van der Waals surface area contributed by atoms with Crippen molar-refractivity contribution in [1.29, 1.82) is 0 Å². The number of anilines is 1. The molecule has 2 aromatic rings. The minimum absolute atomic E-state index is 0.00458. The van der Waals surface area contributed by atoms with Gasteiger partial charge < -0.3 is 20.5 Å². The molecule has 0 radical (unpaired) electrons. The maximum atomic E-state index is 13.8. The summed E-state index contributed by atoms with van der Waals surface area (Å²) >= 11 is 6.34. The van der Waals surface area contributed by atoms with Gasteiger partial charge in [0.1, 0.15) is 5.54 Å². The second kappa shape index (κ2) is 7.69. The first-order chi connectivity index (χ1) is 16.8. The zero-order chi connectivity index (χ0) is 24.5. The van der Waals surface area contributed by atoms with Crippen LogP contribution in [0.5, 0.6) is 11.5 Å². The van der Waals surface area contributed by atoms with E-state index in [2.05, 4.69) is 10.6 Å². The fourth-order valence-electron chi connectivity index (χ4n) is 5.78. The van der Waals surface area contributed by atoms with Crippen LogP contribution in [0.2, 0.25) is 5.02 Å². The Morgan fingerprint density at radius 2 is 1.94 bits per heavy atom. The molecule has 4 N–H and O–H groups in total. The number of carbonyl (C=O) groups is 4. The van der Waals surface area contributed by atoms with Crippen LogP contribution in [0.15, 0.2) is 36.4 Å². The predicted molar refractivity (Wildman–Crippen MR) is 122 cm³/mol. The first-order valence-electron chi connectivity index (χ1n) is 11.2. The zero-order valence-corrected chi connectivity index (χ0v) is 19.1. The lowest BCUT2D eigenvalue weighted by atomic mass is 9.76. The number of primary amides is 1. The number of amides is 4. The molecular weight excluding hydrogens is 476 g/mol. The molecule has 2 aromatic carbocycles. The van der Waals surface area contributed by atoms with Gasteiger partial charge in [0.25, 0.3) is 0 Å². The molecule has 10 nitrogen and oxygen atoms in total. The first kappa shape index (κ1) is 21.9. The van der Waals surface area contributed by atoms with Crippen LogP contribution >= 0.6 is 11.6 Å². The minimum Gasteiger partial charge on any atom is -0.454 e. The van der Waals surface area contributed by atoms with Gasteiger partial charge in [-0.25, -0.2) is 0 Å². The molecule has 4 heterocycles. The van der Waals surface area contributed by atoms with Gasteiger partial charge in [-0.05, 0) is 30.2 Å². The standard InChI is InChI=1S/C24H21ClN4O6/c25-13-3-1-2-12-20(13)27-23(33)24(12)19-18(14(28-24)5-7-17(26)30)21(31)29(22(19)32)9-11-4-6-15-16(8-11)35-10-34-15/h1-4,6,8,14,18-19,28H,5,7,9-10H2,(H2,26,30)(H,27,33)/t14-,18+,19-,24+/m0/s1. The number of benzene rings is 2. The number of halogens is 1. The highest BCUT2D eigenvalue weighted by atomic mass is 35.5. The van der Waals surface area contributed by atoms with Gasteiger partial charge in [-0.15, -0.1) is 0 Å². The Balaban J connectivity index is 1.40. The van der Waals surface area contributed by atoms with Crippen molar-refractivity contribution in [1.82, 2.24) is 10.2 Å². The molecule has 180 valence electrons. The fourth-order valence-corrected chi connectivity index (χ4v) is 6.00. The molecule has 4 aliphatic heterocycles. The second-order valence-corrected chi connectivity index (χ2v) is 9.54. The number of hydrogen-bond acceptors (Lipinski definition) is 7. The van der Waals surface area contributed by atoms with Gasteiger partial charge in [0.2, 0.25) is 30.4 Å². The van der Waals surface area contributed by atoms with Gasteiger partial charge in [-0.2, -0.15) is 0 Å². The van der Waals surface area contributed by atoms with E-state index in [0.717, 1.165) is 0 Å². The average molecular weight is 497 g/mol. The highest BCUT2D eigenvalue weighted by Crippen LogP contribution is 2.54.